The van der Waals surface area contributed by atoms with Crippen LogP contribution in [0.15, 0.2) is 0 Å². The van der Waals surface area contributed by atoms with Gasteiger partial charge in [-0.05, 0) is 12.3 Å². The lowest BCUT2D eigenvalue weighted by atomic mass is 9.99. The van der Waals surface area contributed by atoms with Gasteiger partial charge in [-0.15, -0.1) is 0 Å². The quantitative estimate of drug-likeness (QED) is 0.509. The normalized spacial score (nSPS) is 25.3. The Labute approximate surface area is 108 Å². The molecule has 1 fully saturated rings. The molecule has 0 spiro atoms. The van der Waals surface area contributed by atoms with Crippen LogP contribution in [0, 0.1) is 11.8 Å². The van der Waals surface area contributed by atoms with Crippen molar-refractivity contribution in [2.45, 2.75) is 13.3 Å². The van der Waals surface area contributed by atoms with Crippen molar-refractivity contribution in [2.75, 3.05) is 39.7 Å². The lowest BCUT2D eigenvalue weighted by Crippen LogP contribution is -2.32. The summed E-state index contributed by atoms with van der Waals surface area (Å²) in [4.78, 5) is 11.5. The second-order valence-corrected chi connectivity index (χ2v) is 6.67. The smallest absolute Gasteiger partial charge is 0.310 e. The summed E-state index contributed by atoms with van der Waals surface area (Å²) in [7, 11) is -0.431. The van der Waals surface area contributed by atoms with Crippen LogP contribution < -0.4 is 0 Å². The fraction of sp³-hybridized carbons (Fsp3) is 0.909. The molecule has 1 heterocycles. The van der Waals surface area contributed by atoms with Crippen LogP contribution in [-0.4, -0.2) is 58.4 Å². The van der Waals surface area contributed by atoms with Gasteiger partial charge in [-0.3, -0.25) is 4.79 Å². The number of hydrogen-bond acceptors (Lipinski definition) is 5. The SMILES string of the molecule is COCCCS(=O)(=O)N1CC(C)C(C(=O)OC)C1. The van der Waals surface area contributed by atoms with Crippen LogP contribution in [0.1, 0.15) is 13.3 Å². The van der Waals surface area contributed by atoms with Crippen molar-refractivity contribution in [2.24, 2.45) is 11.8 Å². The molecular formula is C11H21NO5S. The van der Waals surface area contributed by atoms with Crippen LogP contribution in [0.4, 0.5) is 0 Å². The summed E-state index contributed by atoms with van der Waals surface area (Å²) in [6, 6.07) is 0. The predicted octanol–water partition coefficient (Wildman–Crippen LogP) is 0.0936. The molecule has 0 aliphatic carbocycles. The van der Waals surface area contributed by atoms with Crippen LogP contribution >= 0.6 is 0 Å². The second kappa shape index (κ2) is 6.49. The molecule has 1 aliphatic heterocycles. The molecule has 0 saturated carbocycles. The molecule has 1 saturated heterocycles. The molecule has 0 N–H and O–H groups in total. The Morgan fingerprint density at radius 2 is 2.00 bits per heavy atom. The predicted molar refractivity (Wildman–Crippen MR) is 66.5 cm³/mol. The highest BCUT2D eigenvalue weighted by Crippen LogP contribution is 2.26. The monoisotopic (exact) mass is 279 g/mol. The third kappa shape index (κ3) is 3.66. The van der Waals surface area contributed by atoms with E-state index >= 15 is 0 Å². The highest BCUT2D eigenvalue weighted by Gasteiger charge is 2.40. The summed E-state index contributed by atoms with van der Waals surface area (Å²) in [6.45, 7) is 2.90. The maximum Gasteiger partial charge on any atom is 0.310 e. The fourth-order valence-electron chi connectivity index (χ4n) is 2.12. The van der Waals surface area contributed by atoms with Crippen LogP contribution in [0.25, 0.3) is 0 Å². The molecule has 1 aliphatic rings. The van der Waals surface area contributed by atoms with E-state index in [0.717, 1.165) is 0 Å². The highest BCUT2D eigenvalue weighted by atomic mass is 32.2. The summed E-state index contributed by atoms with van der Waals surface area (Å²) in [5, 5.41) is 0. The van der Waals surface area contributed by atoms with Gasteiger partial charge >= 0.3 is 5.97 Å². The molecular weight excluding hydrogens is 258 g/mol. The zero-order valence-electron chi connectivity index (χ0n) is 11.1. The van der Waals surface area contributed by atoms with E-state index in [-0.39, 0.29) is 30.1 Å². The molecule has 0 aromatic carbocycles. The van der Waals surface area contributed by atoms with Crippen molar-refractivity contribution in [3.05, 3.63) is 0 Å². The van der Waals surface area contributed by atoms with Gasteiger partial charge in [-0.1, -0.05) is 6.92 Å². The molecule has 18 heavy (non-hydrogen) atoms. The number of methoxy groups -OCH3 is 2. The Bertz CT molecular complexity index is 381. The van der Waals surface area contributed by atoms with Crippen LogP contribution in [0.2, 0.25) is 0 Å². The maximum absolute atomic E-state index is 12.0. The minimum atomic E-state index is -3.29. The van der Waals surface area contributed by atoms with Crippen molar-refractivity contribution in [1.29, 1.82) is 0 Å². The van der Waals surface area contributed by atoms with E-state index in [4.69, 9.17) is 4.74 Å². The van der Waals surface area contributed by atoms with Crippen molar-refractivity contribution in [3.63, 3.8) is 0 Å². The molecule has 106 valence electrons. The van der Waals surface area contributed by atoms with Gasteiger partial charge in [0.05, 0.1) is 18.8 Å². The first kappa shape index (κ1) is 15.4. The number of sulfonamides is 1. The van der Waals surface area contributed by atoms with Gasteiger partial charge in [0.25, 0.3) is 0 Å². The third-order valence-electron chi connectivity index (χ3n) is 3.23. The van der Waals surface area contributed by atoms with E-state index in [0.29, 0.717) is 19.6 Å². The van der Waals surface area contributed by atoms with Gasteiger partial charge in [-0.25, -0.2) is 12.7 Å². The van der Waals surface area contributed by atoms with Gasteiger partial charge < -0.3 is 9.47 Å². The van der Waals surface area contributed by atoms with Crippen molar-refractivity contribution < 1.29 is 22.7 Å². The molecule has 2 unspecified atom stereocenters. The van der Waals surface area contributed by atoms with Gasteiger partial charge in [0.2, 0.25) is 10.0 Å². The first-order chi connectivity index (χ1) is 8.42. The highest BCUT2D eigenvalue weighted by molar-refractivity contribution is 7.89. The molecule has 0 aromatic rings. The first-order valence-electron chi connectivity index (χ1n) is 5.97. The van der Waals surface area contributed by atoms with Gasteiger partial charge in [0.1, 0.15) is 0 Å². The minimum Gasteiger partial charge on any atom is -0.469 e. The Hall–Kier alpha value is -0.660. The van der Waals surface area contributed by atoms with E-state index in [1.54, 1.807) is 0 Å². The van der Waals surface area contributed by atoms with Crippen molar-refractivity contribution in [1.82, 2.24) is 4.31 Å². The van der Waals surface area contributed by atoms with E-state index in [9.17, 15) is 13.2 Å². The summed E-state index contributed by atoms with van der Waals surface area (Å²) in [5.41, 5.74) is 0. The lowest BCUT2D eigenvalue weighted by Gasteiger charge is -2.15. The zero-order valence-corrected chi connectivity index (χ0v) is 11.9. The maximum atomic E-state index is 12.0. The number of ether oxygens (including phenoxy) is 2. The first-order valence-corrected chi connectivity index (χ1v) is 7.58. The number of carbonyl (C=O) groups is 1. The topological polar surface area (TPSA) is 72.9 Å². The zero-order chi connectivity index (χ0) is 13.8. The standard InChI is InChI=1S/C11H21NO5S/c1-9-7-12(8-10(9)11(13)17-3)18(14,15)6-4-5-16-2/h9-10H,4-8H2,1-3H3. The van der Waals surface area contributed by atoms with E-state index in [2.05, 4.69) is 4.74 Å². The fourth-order valence-corrected chi connectivity index (χ4v) is 3.71. The van der Waals surface area contributed by atoms with E-state index in [1.165, 1.54) is 18.5 Å². The van der Waals surface area contributed by atoms with E-state index < -0.39 is 10.0 Å². The Balaban J connectivity index is 2.61. The van der Waals surface area contributed by atoms with Gasteiger partial charge in [0.15, 0.2) is 0 Å². The molecule has 0 bridgehead atoms. The molecule has 0 radical (unpaired) electrons. The van der Waals surface area contributed by atoms with Gasteiger partial charge in [-0.2, -0.15) is 0 Å². The number of carbonyl (C=O) groups excluding carboxylic acids is 1. The second-order valence-electron chi connectivity index (χ2n) is 4.59. The lowest BCUT2D eigenvalue weighted by molar-refractivity contribution is -0.145. The number of hydrogen-bond donors (Lipinski definition) is 0. The number of esters is 1. The van der Waals surface area contributed by atoms with Crippen molar-refractivity contribution >= 4 is 16.0 Å². The summed E-state index contributed by atoms with van der Waals surface area (Å²) in [6.07, 6.45) is 0.465. The summed E-state index contributed by atoms with van der Waals surface area (Å²) >= 11 is 0. The van der Waals surface area contributed by atoms with Crippen molar-refractivity contribution in [3.8, 4) is 0 Å². The number of nitrogens with zero attached hydrogens (tertiary/aromatic N) is 1. The summed E-state index contributed by atoms with van der Waals surface area (Å²) in [5.74, 6) is -0.638. The average molecular weight is 279 g/mol. The minimum absolute atomic E-state index is 0.00495. The van der Waals surface area contributed by atoms with Gasteiger partial charge in [0, 0.05) is 26.8 Å². The van der Waals surface area contributed by atoms with E-state index in [1.807, 2.05) is 6.92 Å². The molecule has 0 amide bonds. The summed E-state index contributed by atoms with van der Waals surface area (Å²) < 4.78 is 35.0. The Kier molecular flexibility index (Phi) is 5.55. The van der Waals surface area contributed by atoms with Crippen LogP contribution in [0.5, 0.6) is 0 Å². The molecule has 2 atom stereocenters. The van der Waals surface area contributed by atoms with Crippen LogP contribution in [0.3, 0.4) is 0 Å². The molecule has 6 nitrogen and oxygen atoms in total. The largest absolute Gasteiger partial charge is 0.469 e. The average Bonchev–Trinajstić information content (AvgIpc) is 2.71. The number of rotatable bonds is 6. The Morgan fingerprint density at radius 1 is 1.33 bits per heavy atom. The third-order valence-corrected chi connectivity index (χ3v) is 5.12. The molecule has 7 heteroatoms. The van der Waals surface area contributed by atoms with Crippen LogP contribution in [-0.2, 0) is 24.3 Å². The Morgan fingerprint density at radius 3 is 2.56 bits per heavy atom. The molecule has 1 rings (SSSR count). The molecule has 0 aromatic heterocycles.